The van der Waals surface area contributed by atoms with Crippen LogP contribution in [0.5, 0.6) is 0 Å². The number of benzene rings is 1. The molecule has 0 saturated heterocycles. The van der Waals surface area contributed by atoms with Gasteiger partial charge in [0.1, 0.15) is 0 Å². The number of carboxylic acid groups (broad SMARTS) is 1. The molecule has 2 N–H and O–H groups in total. The van der Waals surface area contributed by atoms with Crippen molar-refractivity contribution < 1.29 is 14.7 Å². The number of aromatic carboxylic acids is 1. The Bertz CT molecular complexity index is 696. The molecule has 1 amide bonds. The summed E-state index contributed by atoms with van der Waals surface area (Å²) in [5.41, 5.74) is 1.14. The van der Waals surface area contributed by atoms with Gasteiger partial charge < -0.3 is 10.4 Å². The number of nitrogens with zero attached hydrogens (tertiary/aromatic N) is 3. The van der Waals surface area contributed by atoms with Gasteiger partial charge in [0.15, 0.2) is 5.69 Å². The Labute approximate surface area is 134 Å². The molecule has 2 rings (SSSR count). The van der Waals surface area contributed by atoms with Gasteiger partial charge in [-0.05, 0) is 24.1 Å². The van der Waals surface area contributed by atoms with Crippen LogP contribution >= 0.6 is 0 Å². The predicted octanol–water partition coefficient (Wildman–Crippen LogP) is 2.73. The van der Waals surface area contributed by atoms with Crippen LogP contribution in [0, 0.1) is 5.92 Å². The largest absolute Gasteiger partial charge is 0.476 e. The van der Waals surface area contributed by atoms with Crippen LogP contribution in [0.3, 0.4) is 0 Å². The standard InChI is InChI=1S/C16H20N4O3/c1-3-5-11(2)8-15(21)17-12-6-4-7-13(9-12)20-10-14(16(22)23)18-19-20/h4,6-7,9-11H,3,5,8H2,1-2H3,(H,17,21)(H,22,23). The first kappa shape index (κ1) is 16.7. The molecular weight excluding hydrogens is 296 g/mol. The van der Waals surface area contributed by atoms with Crippen LogP contribution in [0.15, 0.2) is 30.5 Å². The van der Waals surface area contributed by atoms with Crippen LogP contribution in [0.25, 0.3) is 5.69 Å². The van der Waals surface area contributed by atoms with Gasteiger partial charge in [-0.15, -0.1) is 5.10 Å². The Kier molecular flexibility index (Phi) is 5.46. The molecule has 0 radical (unpaired) electrons. The molecule has 2 aromatic rings. The number of carbonyl (C=O) groups excluding carboxylic acids is 1. The smallest absolute Gasteiger partial charge is 0.358 e. The summed E-state index contributed by atoms with van der Waals surface area (Å²) in [5, 5.41) is 19.1. The minimum Gasteiger partial charge on any atom is -0.476 e. The highest BCUT2D eigenvalue weighted by Gasteiger charge is 2.11. The van der Waals surface area contributed by atoms with E-state index in [1.165, 1.54) is 10.9 Å². The summed E-state index contributed by atoms with van der Waals surface area (Å²) < 4.78 is 1.36. The Morgan fingerprint density at radius 1 is 1.39 bits per heavy atom. The van der Waals surface area contributed by atoms with Gasteiger partial charge in [-0.1, -0.05) is 38.0 Å². The molecule has 7 heteroatoms. The van der Waals surface area contributed by atoms with Gasteiger partial charge in [-0.2, -0.15) is 0 Å². The number of carboxylic acids is 1. The predicted molar refractivity (Wildman–Crippen MR) is 85.6 cm³/mol. The zero-order valence-corrected chi connectivity index (χ0v) is 13.2. The van der Waals surface area contributed by atoms with Crippen LogP contribution in [0.1, 0.15) is 43.6 Å². The van der Waals surface area contributed by atoms with Crippen molar-refractivity contribution in [1.29, 1.82) is 0 Å². The fraction of sp³-hybridized carbons (Fsp3) is 0.375. The fourth-order valence-electron chi connectivity index (χ4n) is 2.34. The lowest BCUT2D eigenvalue weighted by molar-refractivity contribution is -0.117. The van der Waals surface area contributed by atoms with Crippen molar-refractivity contribution in [3.05, 3.63) is 36.2 Å². The van der Waals surface area contributed by atoms with E-state index in [1.807, 2.05) is 0 Å². The molecule has 23 heavy (non-hydrogen) atoms. The second kappa shape index (κ2) is 7.53. The molecule has 7 nitrogen and oxygen atoms in total. The summed E-state index contributed by atoms with van der Waals surface area (Å²) in [4.78, 5) is 22.9. The van der Waals surface area contributed by atoms with Crippen LogP contribution in [-0.2, 0) is 4.79 Å². The van der Waals surface area contributed by atoms with Crippen molar-refractivity contribution in [3.63, 3.8) is 0 Å². The first-order valence-electron chi connectivity index (χ1n) is 7.55. The van der Waals surface area contributed by atoms with E-state index < -0.39 is 5.97 Å². The number of amides is 1. The van der Waals surface area contributed by atoms with Crippen molar-refractivity contribution in [2.75, 3.05) is 5.32 Å². The molecule has 0 bridgehead atoms. The summed E-state index contributed by atoms with van der Waals surface area (Å²) in [6, 6.07) is 7.03. The SMILES string of the molecule is CCCC(C)CC(=O)Nc1cccc(-n2cc(C(=O)O)nn2)c1. The number of hydrogen-bond acceptors (Lipinski definition) is 4. The van der Waals surface area contributed by atoms with E-state index in [2.05, 4.69) is 29.5 Å². The lowest BCUT2D eigenvalue weighted by atomic mass is 10.0. The third-order valence-corrected chi connectivity index (χ3v) is 3.42. The second-order valence-electron chi connectivity index (χ2n) is 5.55. The Hall–Kier alpha value is -2.70. The van der Waals surface area contributed by atoms with Gasteiger partial charge in [0.2, 0.25) is 5.91 Å². The molecule has 1 aromatic carbocycles. The molecule has 1 atom stereocenters. The van der Waals surface area contributed by atoms with Gasteiger partial charge in [0.25, 0.3) is 0 Å². The molecule has 0 fully saturated rings. The maximum Gasteiger partial charge on any atom is 0.358 e. The van der Waals surface area contributed by atoms with Gasteiger partial charge in [-0.3, -0.25) is 4.79 Å². The molecule has 0 aliphatic heterocycles. The highest BCUT2D eigenvalue weighted by atomic mass is 16.4. The van der Waals surface area contributed by atoms with Crippen molar-refractivity contribution in [2.24, 2.45) is 5.92 Å². The topological polar surface area (TPSA) is 97.1 Å². The number of anilines is 1. The molecule has 1 aromatic heterocycles. The van der Waals surface area contributed by atoms with Gasteiger partial charge >= 0.3 is 5.97 Å². The molecule has 1 heterocycles. The normalized spacial score (nSPS) is 11.9. The number of hydrogen-bond donors (Lipinski definition) is 2. The van der Waals surface area contributed by atoms with E-state index in [0.717, 1.165) is 12.8 Å². The third-order valence-electron chi connectivity index (χ3n) is 3.42. The monoisotopic (exact) mass is 316 g/mol. The van der Waals surface area contributed by atoms with E-state index in [4.69, 9.17) is 5.11 Å². The van der Waals surface area contributed by atoms with Crippen molar-refractivity contribution in [1.82, 2.24) is 15.0 Å². The highest BCUT2D eigenvalue weighted by Crippen LogP contribution is 2.16. The van der Waals surface area contributed by atoms with Crippen LogP contribution < -0.4 is 5.32 Å². The average molecular weight is 316 g/mol. The second-order valence-corrected chi connectivity index (χ2v) is 5.55. The zero-order valence-electron chi connectivity index (χ0n) is 13.2. The fourth-order valence-corrected chi connectivity index (χ4v) is 2.34. The van der Waals surface area contributed by atoms with Crippen LogP contribution in [-0.4, -0.2) is 32.0 Å². The van der Waals surface area contributed by atoms with E-state index in [0.29, 0.717) is 23.7 Å². The van der Waals surface area contributed by atoms with E-state index in [-0.39, 0.29) is 11.6 Å². The Morgan fingerprint density at radius 2 is 2.17 bits per heavy atom. The van der Waals surface area contributed by atoms with E-state index in [9.17, 15) is 9.59 Å². The lowest BCUT2D eigenvalue weighted by Gasteiger charge is -2.11. The zero-order chi connectivity index (χ0) is 16.8. The van der Waals surface area contributed by atoms with Crippen LogP contribution in [0.4, 0.5) is 5.69 Å². The van der Waals surface area contributed by atoms with Crippen LogP contribution in [0.2, 0.25) is 0 Å². The maximum atomic E-state index is 12.0. The number of nitrogens with one attached hydrogen (secondary N) is 1. The minimum absolute atomic E-state index is 0.0343. The van der Waals surface area contributed by atoms with Gasteiger partial charge in [-0.25, -0.2) is 9.48 Å². The van der Waals surface area contributed by atoms with Crippen molar-refractivity contribution >= 4 is 17.6 Å². The maximum absolute atomic E-state index is 12.0. The molecule has 0 saturated carbocycles. The van der Waals surface area contributed by atoms with E-state index in [1.54, 1.807) is 24.3 Å². The molecule has 1 unspecified atom stereocenters. The van der Waals surface area contributed by atoms with Crippen molar-refractivity contribution in [2.45, 2.75) is 33.1 Å². The highest BCUT2D eigenvalue weighted by molar-refractivity contribution is 5.91. The number of rotatable bonds is 7. The van der Waals surface area contributed by atoms with Gasteiger partial charge in [0, 0.05) is 12.1 Å². The molecule has 0 aliphatic carbocycles. The summed E-state index contributed by atoms with van der Waals surface area (Å²) in [6.45, 7) is 4.16. The quantitative estimate of drug-likeness (QED) is 0.818. The Morgan fingerprint density at radius 3 is 2.83 bits per heavy atom. The molecule has 0 aliphatic rings. The molecule has 122 valence electrons. The van der Waals surface area contributed by atoms with E-state index >= 15 is 0 Å². The number of aromatic nitrogens is 3. The molecule has 0 spiro atoms. The Balaban J connectivity index is 2.07. The first-order valence-corrected chi connectivity index (χ1v) is 7.55. The average Bonchev–Trinajstić information content (AvgIpc) is 2.97. The minimum atomic E-state index is -1.13. The summed E-state index contributed by atoms with van der Waals surface area (Å²) >= 11 is 0. The summed E-state index contributed by atoms with van der Waals surface area (Å²) in [5.74, 6) is -0.824. The third kappa shape index (κ3) is 4.64. The lowest BCUT2D eigenvalue weighted by Crippen LogP contribution is -2.15. The van der Waals surface area contributed by atoms with Crippen molar-refractivity contribution in [3.8, 4) is 5.69 Å². The first-order chi connectivity index (χ1) is 11.0. The summed E-state index contributed by atoms with van der Waals surface area (Å²) in [6.07, 6.45) is 3.88. The molecular formula is C16H20N4O3. The van der Waals surface area contributed by atoms with Gasteiger partial charge in [0.05, 0.1) is 11.9 Å². The number of carbonyl (C=O) groups is 2. The summed E-state index contributed by atoms with van der Waals surface area (Å²) in [7, 11) is 0.